The van der Waals surface area contributed by atoms with E-state index < -0.39 is 11.5 Å². The highest BCUT2D eigenvalue weighted by Gasteiger charge is 2.34. The number of nitrogens with zero attached hydrogens (tertiary/aromatic N) is 1. The average Bonchev–Trinajstić information content (AvgIpc) is 2.34. The zero-order valence-electron chi connectivity index (χ0n) is 12.7. The minimum atomic E-state index is -0.557. The van der Waals surface area contributed by atoms with E-state index in [-0.39, 0.29) is 18.2 Å². The quantitative estimate of drug-likeness (QED) is 0.833. The van der Waals surface area contributed by atoms with Crippen LogP contribution in [0.1, 0.15) is 33.3 Å². The second-order valence-electron chi connectivity index (χ2n) is 6.33. The minimum absolute atomic E-state index is 0.0346. The summed E-state index contributed by atoms with van der Waals surface area (Å²) in [5.41, 5.74) is 1.25. The molecular weight excluding hydrogens is 254 g/mol. The summed E-state index contributed by atoms with van der Waals surface area (Å²) in [5.74, 6) is 0.525. The molecule has 108 valence electrons. The van der Waals surface area contributed by atoms with Crippen LogP contribution in [0.25, 0.3) is 0 Å². The number of anilines is 1. The maximum absolute atomic E-state index is 12.3. The van der Waals surface area contributed by atoms with Gasteiger partial charge < -0.3 is 4.74 Å². The molecule has 1 amide bonds. The molecule has 1 aromatic carbocycles. The van der Waals surface area contributed by atoms with E-state index in [1.165, 1.54) is 0 Å². The van der Waals surface area contributed by atoms with Gasteiger partial charge in [-0.2, -0.15) is 0 Å². The summed E-state index contributed by atoms with van der Waals surface area (Å²) >= 11 is 0. The third-order valence-electron chi connectivity index (χ3n) is 3.46. The van der Waals surface area contributed by atoms with Gasteiger partial charge in [0.25, 0.3) is 5.91 Å². The molecule has 0 unspecified atom stereocenters. The van der Waals surface area contributed by atoms with Crippen molar-refractivity contribution in [2.75, 3.05) is 11.4 Å². The van der Waals surface area contributed by atoms with Crippen molar-refractivity contribution in [2.45, 2.75) is 40.7 Å². The molecule has 0 fully saturated rings. The van der Waals surface area contributed by atoms with Crippen LogP contribution in [0.2, 0.25) is 0 Å². The Morgan fingerprint density at radius 3 is 2.60 bits per heavy atom. The summed E-state index contributed by atoms with van der Waals surface area (Å²) in [6, 6.07) is 5.67. The number of benzene rings is 1. The van der Waals surface area contributed by atoms with Crippen LogP contribution in [0.4, 0.5) is 5.69 Å². The van der Waals surface area contributed by atoms with Gasteiger partial charge in [-0.1, -0.05) is 26.8 Å². The smallest absolute Gasteiger partial charge is 0.268 e. The van der Waals surface area contributed by atoms with Crippen molar-refractivity contribution in [3.05, 3.63) is 23.8 Å². The number of hydrogen-bond donors (Lipinski definition) is 0. The molecule has 0 saturated carbocycles. The molecule has 0 N–H and O–H groups in total. The van der Waals surface area contributed by atoms with E-state index in [4.69, 9.17) is 4.74 Å². The highest BCUT2D eigenvalue weighted by molar-refractivity contribution is 6.04. The first-order valence-corrected chi connectivity index (χ1v) is 6.82. The first-order chi connectivity index (χ1) is 9.20. The summed E-state index contributed by atoms with van der Waals surface area (Å²) in [6.45, 7) is 9.33. The number of amides is 1. The molecule has 0 aliphatic carbocycles. The third kappa shape index (κ3) is 2.69. The van der Waals surface area contributed by atoms with Gasteiger partial charge in [-0.15, -0.1) is 0 Å². The molecule has 0 spiro atoms. The van der Waals surface area contributed by atoms with Crippen LogP contribution in [-0.4, -0.2) is 24.3 Å². The Bertz CT molecular complexity index is 557. The van der Waals surface area contributed by atoms with Gasteiger partial charge in [0.1, 0.15) is 5.75 Å². The van der Waals surface area contributed by atoms with E-state index in [1.54, 1.807) is 11.8 Å². The minimum Gasteiger partial charge on any atom is -0.479 e. The highest BCUT2D eigenvalue weighted by atomic mass is 16.5. The molecule has 1 atom stereocenters. The molecule has 0 aromatic heterocycles. The summed E-state index contributed by atoms with van der Waals surface area (Å²) in [4.78, 5) is 26.1. The molecule has 1 aromatic rings. The monoisotopic (exact) mass is 275 g/mol. The molecule has 1 heterocycles. The number of carbonyl (C=O) groups is 2. The maximum Gasteiger partial charge on any atom is 0.268 e. The number of carbonyl (C=O) groups excluding carboxylic acids is 2. The standard InChI is InChI=1S/C16H21NO3/c1-10-6-7-13-12(8-10)17(15(19)11(2)20-13)9-14(18)16(3,4)5/h6-8,11H,9H2,1-5H3/t11-/m1/s1. The lowest BCUT2D eigenvalue weighted by molar-refractivity contribution is -0.130. The Balaban J connectivity index is 2.39. The van der Waals surface area contributed by atoms with Crippen LogP contribution in [0.5, 0.6) is 5.75 Å². The molecule has 1 aliphatic rings. The fourth-order valence-corrected chi connectivity index (χ4v) is 2.06. The van der Waals surface area contributed by atoms with Crippen molar-refractivity contribution in [3.8, 4) is 5.75 Å². The van der Waals surface area contributed by atoms with Gasteiger partial charge in [0.15, 0.2) is 11.9 Å². The number of fused-ring (bicyclic) bond motifs is 1. The number of ether oxygens (including phenoxy) is 1. The number of hydrogen-bond acceptors (Lipinski definition) is 3. The van der Waals surface area contributed by atoms with E-state index in [1.807, 2.05) is 45.9 Å². The second kappa shape index (κ2) is 4.93. The zero-order chi connectivity index (χ0) is 15.1. The van der Waals surface area contributed by atoms with Crippen molar-refractivity contribution in [2.24, 2.45) is 5.41 Å². The van der Waals surface area contributed by atoms with E-state index in [0.29, 0.717) is 11.4 Å². The first-order valence-electron chi connectivity index (χ1n) is 6.82. The summed E-state index contributed by atoms with van der Waals surface area (Å²) in [5, 5.41) is 0. The predicted molar refractivity (Wildman–Crippen MR) is 78.1 cm³/mol. The predicted octanol–water partition coefficient (Wildman–Crippen LogP) is 2.72. The van der Waals surface area contributed by atoms with Gasteiger partial charge in [0.05, 0.1) is 12.2 Å². The van der Waals surface area contributed by atoms with Crippen LogP contribution in [0, 0.1) is 12.3 Å². The molecule has 0 bridgehead atoms. The molecular formula is C16H21NO3. The van der Waals surface area contributed by atoms with Crippen LogP contribution < -0.4 is 9.64 Å². The lowest BCUT2D eigenvalue weighted by Crippen LogP contribution is -2.48. The molecule has 0 saturated heterocycles. The third-order valence-corrected chi connectivity index (χ3v) is 3.46. The topological polar surface area (TPSA) is 46.6 Å². The molecule has 2 rings (SSSR count). The fraction of sp³-hybridized carbons (Fsp3) is 0.500. The van der Waals surface area contributed by atoms with Crippen molar-refractivity contribution in [3.63, 3.8) is 0 Å². The van der Waals surface area contributed by atoms with E-state index in [9.17, 15) is 9.59 Å². The average molecular weight is 275 g/mol. The van der Waals surface area contributed by atoms with E-state index >= 15 is 0 Å². The SMILES string of the molecule is Cc1ccc2c(c1)N(CC(=O)C(C)(C)C)C(=O)[C@@H](C)O2. The first kappa shape index (κ1) is 14.6. The van der Waals surface area contributed by atoms with Gasteiger partial charge in [-0.25, -0.2) is 0 Å². The van der Waals surface area contributed by atoms with Gasteiger partial charge in [-0.3, -0.25) is 14.5 Å². The largest absolute Gasteiger partial charge is 0.479 e. The van der Waals surface area contributed by atoms with Crippen molar-refractivity contribution < 1.29 is 14.3 Å². The Hall–Kier alpha value is -1.84. The highest BCUT2D eigenvalue weighted by Crippen LogP contribution is 2.35. The molecule has 4 nitrogen and oxygen atoms in total. The Morgan fingerprint density at radius 1 is 1.35 bits per heavy atom. The number of ketones is 1. The summed E-state index contributed by atoms with van der Waals surface area (Å²) < 4.78 is 5.59. The van der Waals surface area contributed by atoms with Crippen molar-refractivity contribution >= 4 is 17.4 Å². The number of rotatable bonds is 2. The zero-order valence-corrected chi connectivity index (χ0v) is 12.7. The Labute approximate surface area is 119 Å². The van der Waals surface area contributed by atoms with Gasteiger partial charge >= 0.3 is 0 Å². The van der Waals surface area contributed by atoms with Crippen LogP contribution in [0.3, 0.4) is 0 Å². The fourth-order valence-electron chi connectivity index (χ4n) is 2.06. The van der Waals surface area contributed by atoms with Crippen LogP contribution in [-0.2, 0) is 9.59 Å². The van der Waals surface area contributed by atoms with Crippen molar-refractivity contribution in [1.82, 2.24) is 0 Å². The van der Waals surface area contributed by atoms with Gasteiger partial charge in [0, 0.05) is 5.41 Å². The number of aryl methyl sites for hydroxylation is 1. The summed E-state index contributed by atoms with van der Waals surface area (Å²) in [7, 11) is 0. The lowest BCUT2D eigenvalue weighted by Gasteiger charge is -2.34. The number of Topliss-reactive ketones (excluding diaryl/α,β-unsaturated/α-hetero) is 1. The maximum atomic E-state index is 12.3. The molecule has 1 aliphatic heterocycles. The molecule has 0 radical (unpaired) electrons. The lowest BCUT2D eigenvalue weighted by atomic mass is 9.90. The van der Waals surface area contributed by atoms with E-state index in [0.717, 1.165) is 5.56 Å². The second-order valence-corrected chi connectivity index (χ2v) is 6.33. The van der Waals surface area contributed by atoms with Gasteiger partial charge in [0.2, 0.25) is 0 Å². The molecule has 20 heavy (non-hydrogen) atoms. The van der Waals surface area contributed by atoms with E-state index in [2.05, 4.69) is 0 Å². The Kier molecular flexibility index (Phi) is 3.59. The van der Waals surface area contributed by atoms with Crippen LogP contribution in [0.15, 0.2) is 18.2 Å². The Morgan fingerprint density at radius 2 is 2.00 bits per heavy atom. The van der Waals surface area contributed by atoms with Crippen molar-refractivity contribution in [1.29, 1.82) is 0 Å². The normalized spacial score (nSPS) is 18.6. The summed E-state index contributed by atoms with van der Waals surface area (Å²) in [6.07, 6.45) is -0.557. The van der Waals surface area contributed by atoms with Gasteiger partial charge in [-0.05, 0) is 31.5 Å². The molecule has 4 heteroatoms. The van der Waals surface area contributed by atoms with Crippen LogP contribution >= 0.6 is 0 Å².